The minimum absolute atomic E-state index is 0.0709. The van der Waals surface area contributed by atoms with E-state index in [0.717, 1.165) is 23.6 Å². The third-order valence-corrected chi connectivity index (χ3v) is 3.20. The Hall–Kier alpha value is -1.30. The molecule has 0 aliphatic carbocycles. The van der Waals surface area contributed by atoms with Gasteiger partial charge in [0.05, 0.1) is 20.9 Å². The highest BCUT2D eigenvalue weighted by molar-refractivity contribution is 5.50. The zero-order valence-corrected chi connectivity index (χ0v) is 12.5. The van der Waals surface area contributed by atoms with Crippen LogP contribution in [0.25, 0.3) is 0 Å². The standard InChI is InChI=1S/C14H25N3O2/c1-10-6-11(18-4)7-12(19-5)13(10)14(2,3)8-16-9-17-15/h6-7,16-17H,8-9,15H2,1-5H3. The van der Waals surface area contributed by atoms with Gasteiger partial charge in [-0.1, -0.05) is 13.8 Å². The second kappa shape index (κ2) is 6.75. The molecule has 0 atom stereocenters. The molecule has 19 heavy (non-hydrogen) atoms. The van der Waals surface area contributed by atoms with Crippen LogP contribution >= 0.6 is 0 Å². The third kappa shape index (κ3) is 3.83. The molecule has 0 unspecified atom stereocenters. The van der Waals surface area contributed by atoms with Gasteiger partial charge in [0.25, 0.3) is 0 Å². The first-order valence-electron chi connectivity index (χ1n) is 6.33. The number of nitrogens with one attached hydrogen (secondary N) is 2. The Bertz CT molecular complexity index is 419. The number of rotatable bonds is 7. The van der Waals surface area contributed by atoms with Gasteiger partial charge in [-0.15, -0.1) is 0 Å². The molecule has 1 aromatic carbocycles. The number of methoxy groups -OCH3 is 2. The van der Waals surface area contributed by atoms with Crippen LogP contribution in [0, 0.1) is 6.92 Å². The Morgan fingerprint density at radius 1 is 1.21 bits per heavy atom. The van der Waals surface area contributed by atoms with E-state index in [1.54, 1.807) is 14.2 Å². The molecule has 1 rings (SSSR count). The van der Waals surface area contributed by atoms with Crippen LogP contribution in [0.5, 0.6) is 11.5 Å². The topological polar surface area (TPSA) is 68.5 Å². The molecule has 0 saturated carbocycles. The van der Waals surface area contributed by atoms with E-state index < -0.39 is 0 Å². The summed E-state index contributed by atoms with van der Waals surface area (Å²) in [5.74, 6) is 6.93. The lowest BCUT2D eigenvalue weighted by Gasteiger charge is -2.29. The zero-order chi connectivity index (χ0) is 14.5. The number of benzene rings is 1. The summed E-state index contributed by atoms with van der Waals surface area (Å²) in [6.07, 6.45) is 0. The first-order chi connectivity index (χ1) is 8.96. The quantitative estimate of drug-likeness (QED) is 0.301. The SMILES string of the molecule is COc1cc(C)c(C(C)(C)CNCNN)c(OC)c1. The van der Waals surface area contributed by atoms with Crippen molar-refractivity contribution in [3.8, 4) is 11.5 Å². The number of hydrazine groups is 1. The van der Waals surface area contributed by atoms with Crippen molar-refractivity contribution in [3.05, 3.63) is 23.3 Å². The summed E-state index contributed by atoms with van der Waals surface area (Å²) in [6.45, 7) is 7.78. The summed E-state index contributed by atoms with van der Waals surface area (Å²) in [4.78, 5) is 0. The van der Waals surface area contributed by atoms with Crippen LogP contribution in [-0.2, 0) is 5.41 Å². The van der Waals surface area contributed by atoms with E-state index in [9.17, 15) is 0 Å². The van der Waals surface area contributed by atoms with Crippen LogP contribution in [0.2, 0.25) is 0 Å². The lowest BCUT2D eigenvalue weighted by Crippen LogP contribution is -2.40. The van der Waals surface area contributed by atoms with Gasteiger partial charge in [-0.3, -0.25) is 5.84 Å². The molecule has 5 heteroatoms. The Morgan fingerprint density at radius 2 is 1.89 bits per heavy atom. The molecule has 0 spiro atoms. The van der Waals surface area contributed by atoms with E-state index in [-0.39, 0.29) is 5.41 Å². The normalized spacial score (nSPS) is 11.5. The lowest BCUT2D eigenvalue weighted by atomic mass is 9.81. The minimum atomic E-state index is -0.0709. The van der Waals surface area contributed by atoms with Gasteiger partial charge in [0.2, 0.25) is 0 Å². The minimum Gasteiger partial charge on any atom is -0.497 e. The van der Waals surface area contributed by atoms with E-state index in [2.05, 4.69) is 31.5 Å². The van der Waals surface area contributed by atoms with Crippen molar-refractivity contribution in [2.75, 3.05) is 27.4 Å². The maximum absolute atomic E-state index is 5.51. The highest BCUT2D eigenvalue weighted by Gasteiger charge is 2.26. The van der Waals surface area contributed by atoms with Crippen molar-refractivity contribution in [2.24, 2.45) is 5.84 Å². The predicted octanol–water partition coefficient (Wildman–Crippen LogP) is 1.30. The highest BCUT2D eigenvalue weighted by atomic mass is 16.5. The number of aryl methyl sites for hydroxylation is 1. The van der Waals surface area contributed by atoms with Gasteiger partial charge in [0.1, 0.15) is 11.5 Å². The Balaban J connectivity index is 3.09. The molecule has 0 aromatic heterocycles. The van der Waals surface area contributed by atoms with Gasteiger partial charge in [-0.2, -0.15) is 0 Å². The van der Waals surface area contributed by atoms with Gasteiger partial charge < -0.3 is 14.8 Å². The van der Waals surface area contributed by atoms with Crippen molar-refractivity contribution < 1.29 is 9.47 Å². The summed E-state index contributed by atoms with van der Waals surface area (Å²) in [6, 6.07) is 3.95. The third-order valence-electron chi connectivity index (χ3n) is 3.20. The molecule has 0 radical (unpaired) electrons. The summed E-state index contributed by atoms with van der Waals surface area (Å²) < 4.78 is 10.8. The summed E-state index contributed by atoms with van der Waals surface area (Å²) in [5, 5.41) is 3.26. The summed E-state index contributed by atoms with van der Waals surface area (Å²) >= 11 is 0. The number of nitrogens with two attached hydrogens (primary N) is 1. The fourth-order valence-electron chi connectivity index (χ4n) is 2.40. The smallest absolute Gasteiger partial charge is 0.126 e. The van der Waals surface area contributed by atoms with Crippen molar-refractivity contribution in [1.29, 1.82) is 0 Å². The van der Waals surface area contributed by atoms with Gasteiger partial charge in [-0.05, 0) is 18.6 Å². The van der Waals surface area contributed by atoms with Gasteiger partial charge in [-0.25, -0.2) is 5.43 Å². The molecule has 0 aliphatic heterocycles. The molecule has 1 aromatic rings. The molecular weight excluding hydrogens is 242 g/mol. The number of ether oxygens (including phenoxy) is 2. The van der Waals surface area contributed by atoms with Crippen molar-refractivity contribution in [2.45, 2.75) is 26.2 Å². The van der Waals surface area contributed by atoms with Crippen LogP contribution in [-0.4, -0.2) is 27.4 Å². The van der Waals surface area contributed by atoms with E-state index in [0.29, 0.717) is 6.67 Å². The second-order valence-electron chi connectivity index (χ2n) is 5.21. The number of hydrogen-bond acceptors (Lipinski definition) is 5. The average Bonchev–Trinajstić information content (AvgIpc) is 2.37. The fraction of sp³-hybridized carbons (Fsp3) is 0.571. The van der Waals surface area contributed by atoms with Crippen molar-refractivity contribution in [3.63, 3.8) is 0 Å². The van der Waals surface area contributed by atoms with Crippen molar-refractivity contribution >= 4 is 0 Å². The molecule has 0 fully saturated rings. The Labute approximate surface area is 115 Å². The monoisotopic (exact) mass is 267 g/mol. The molecule has 0 bridgehead atoms. The summed E-state index contributed by atoms with van der Waals surface area (Å²) in [7, 11) is 3.34. The average molecular weight is 267 g/mol. The van der Waals surface area contributed by atoms with E-state index in [1.165, 1.54) is 5.56 Å². The molecular formula is C14H25N3O2. The fourth-order valence-corrected chi connectivity index (χ4v) is 2.40. The van der Waals surface area contributed by atoms with E-state index in [4.69, 9.17) is 15.3 Å². The maximum atomic E-state index is 5.51. The van der Waals surface area contributed by atoms with Gasteiger partial charge in [0, 0.05) is 23.6 Å². The van der Waals surface area contributed by atoms with Crippen LogP contribution in [0.4, 0.5) is 0 Å². The molecule has 108 valence electrons. The molecule has 0 amide bonds. The second-order valence-corrected chi connectivity index (χ2v) is 5.21. The van der Waals surface area contributed by atoms with Crippen LogP contribution in [0.3, 0.4) is 0 Å². The van der Waals surface area contributed by atoms with Gasteiger partial charge >= 0.3 is 0 Å². The Morgan fingerprint density at radius 3 is 2.42 bits per heavy atom. The molecule has 5 nitrogen and oxygen atoms in total. The highest BCUT2D eigenvalue weighted by Crippen LogP contribution is 2.37. The first-order valence-corrected chi connectivity index (χ1v) is 6.33. The zero-order valence-electron chi connectivity index (χ0n) is 12.5. The van der Waals surface area contributed by atoms with Crippen LogP contribution < -0.4 is 26.1 Å². The largest absolute Gasteiger partial charge is 0.497 e. The molecule has 0 heterocycles. The first kappa shape index (κ1) is 15.8. The maximum Gasteiger partial charge on any atom is 0.126 e. The molecule has 0 aliphatic rings. The van der Waals surface area contributed by atoms with Crippen LogP contribution in [0.1, 0.15) is 25.0 Å². The van der Waals surface area contributed by atoms with Gasteiger partial charge in [0.15, 0.2) is 0 Å². The molecule has 0 saturated heterocycles. The van der Waals surface area contributed by atoms with E-state index in [1.807, 2.05) is 12.1 Å². The van der Waals surface area contributed by atoms with E-state index >= 15 is 0 Å². The molecule has 4 N–H and O–H groups in total. The number of hydrogen-bond donors (Lipinski definition) is 3. The summed E-state index contributed by atoms with van der Waals surface area (Å²) in [5.41, 5.74) is 4.86. The predicted molar refractivity (Wildman–Crippen MR) is 77.5 cm³/mol. The van der Waals surface area contributed by atoms with Crippen molar-refractivity contribution in [1.82, 2.24) is 10.7 Å². The lowest BCUT2D eigenvalue weighted by molar-refractivity contribution is 0.372. The Kier molecular flexibility index (Phi) is 5.60. The van der Waals surface area contributed by atoms with Crippen LogP contribution in [0.15, 0.2) is 12.1 Å².